The molecule has 1 heterocycles. The highest BCUT2D eigenvalue weighted by atomic mass is 16.5. The molecule has 0 aromatic heterocycles. The van der Waals surface area contributed by atoms with Crippen molar-refractivity contribution in [1.82, 2.24) is 5.32 Å². The van der Waals surface area contributed by atoms with Gasteiger partial charge in [0.2, 0.25) is 0 Å². The van der Waals surface area contributed by atoms with Gasteiger partial charge in [0.25, 0.3) is 0 Å². The molecule has 0 bridgehead atoms. The van der Waals surface area contributed by atoms with E-state index < -0.39 is 5.60 Å². The lowest BCUT2D eigenvalue weighted by Gasteiger charge is -2.33. The highest BCUT2D eigenvalue weighted by Gasteiger charge is 2.40. The van der Waals surface area contributed by atoms with E-state index in [1.165, 1.54) is 44.9 Å². The molecule has 1 aliphatic heterocycles. The fraction of sp³-hybridized carbons (Fsp3) is 1.00. The quantitative estimate of drug-likeness (QED) is 0.793. The Morgan fingerprint density at radius 3 is 2.67 bits per heavy atom. The third-order valence-corrected chi connectivity index (χ3v) is 4.74. The van der Waals surface area contributed by atoms with Crippen molar-refractivity contribution in [1.29, 1.82) is 0 Å². The number of hydrogen-bond donors (Lipinski definition) is 2. The second kappa shape index (κ2) is 5.89. The van der Waals surface area contributed by atoms with Crippen molar-refractivity contribution in [3.05, 3.63) is 0 Å². The van der Waals surface area contributed by atoms with Gasteiger partial charge in [0.15, 0.2) is 0 Å². The van der Waals surface area contributed by atoms with Gasteiger partial charge >= 0.3 is 0 Å². The number of hydrogen-bond acceptors (Lipinski definition) is 3. The molecule has 0 aromatic rings. The zero-order valence-corrected chi connectivity index (χ0v) is 12.0. The molecule has 106 valence electrons. The highest BCUT2D eigenvalue weighted by molar-refractivity contribution is 4.92. The van der Waals surface area contributed by atoms with Crippen molar-refractivity contribution in [3.8, 4) is 0 Å². The zero-order chi connectivity index (χ0) is 13.1. The third-order valence-electron chi connectivity index (χ3n) is 4.74. The molecule has 0 radical (unpaired) electrons. The maximum absolute atomic E-state index is 9.94. The number of aliphatic hydroxyl groups is 1. The Morgan fingerprint density at radius 1 is 1.28 bits per heavy atom. The van der Waals surface area contributed by atoms with E-state index in [1.54, 1.807) is 0 Å². The van der Waals surface area contributed by atoms with Crippen LogP contribution in [0.4, 0.5) is 0 Å². The Bertz CT molecular complexity index is 259. The molecule has 18 heavy (non-hydrogen) atoms. The van der Waals surface area contributed by atoms with Gasteiger partial charge in [-0.1, -0.05) is 26.2 Å². The second-order valence-electron chi connectivity index (χ2n) is 6.50. The minimum Gasteiger partial charge on any atom is -0.389 e. The second-order valence-corrected chi connectivity index (χ2v) is 6.50. The molecule has 1 spiro atoms. The van der Waals surface area contributed by atoms with Gasteiger partial charge in [-0.05, 0) is 39.0 Å². The summed E-state index contributed by atoms with van der Waals surface area (Å²) in [5.41, 5.74) is -0.362. The van der Waals surface area contributed by atoms with Crippen LogP contribution in [0.5, 0.6) is 0 Å². The average Bonchev–Trinajstić information content (AvgIpc) is 2.73. The van der Waals surface area contributed by atoms with Gasteiger partial charge in [-0.25, -0.2) is 0 Å². The van der Waals surface area contributed by atoms with Crippen LogP contribution in [-0.4, -0.2) is 35.5 Å². The van der Waals surface area contributed by atoms with E-state index in [4.69, 9.17) is 4.74 Å². The predicted molar refractivity (Wildman–Crippen MR) is 73.7 cm³/mol. The lowest BCUT2D eigenvalue weighted by molar-refractivity contribution is -0.0635. The number of nitrogens with one attached hydrogen (secondary N) is 1. The summed E-state index contributed by atoms with van der Waals surface area (Å²) < 4.78 is 6.29. The molecular weight excluding hydrogens is 226 g/mol. The van der Waals surface area contributed by atoms with Gasteiger partial charge in [-0.2, -0.15) is 0 Å². The number of ether oxygens (including phenoxy) is 1. The SMILES string of the molecule is CCC(C)(O)CNCC1CCC2(CCCCC2)O1. The molecule has 2 aliphatic rings. The molecule has 1 saturated carbocycles. The van der Waals surface area contributed by atoms with Crippen LogP contribution in [0.25, 0.3) is 0 Å². The van der Waals surface area contributed by atoms with E-state index in [-0.39, 0.29) is 5.60 Å². The van der Waals surface area contributed by atoms with Crippen molar-refractivity contribution >= 4 is 0 Å². The predicted octanol–water partition coefficient (Wildman–Crippen LogP) is 2.62. The van der Waals surface area contributed by atoms with E-state index in [2.05, 4.69) is 5.32 Å². The molecule has 0 aromatic carbocycles. The summed E-state index contributed by atoms with van der Waals surface area (Å²) >= 11 is 0. The van der Waals surface area contributed by atoms with Gasteiger partial charge in [-0.3, -0.25) is 0 Å². The monoisotopic (exact) mass is 255 g/mol. The normalized spacial score (nSPS) is 30.5. The maximum Gasteiger partial charge on any atom is 0.0741 e. The standard InChI is InChI=1S/C15H29NO2/c1-3-14(2,17)12-16-11-13-7-10-15(18-13)8-5-4-6-9-15/h13,16-17H,3-12H2,1-2H3. The van der Waals surface area contributed by atoms with Crippen molar-refractivity contribution in [2.75, 3.05) is 13.1 Å². The van der Waals surface area contributed by atoms with Crippen LogP contribution in [0.15, 0.2) is 0 Å². The molecule has 2 rings (SSSR count). The molecule has 2 N–H and O–H groups in total. The van der Waals surface area contributed by atoms with Crippen LogP contribution < -0.4 is 5.32 Å². The van der Waals surface area contributed by atoms with Gasteiger partial charge in [0.05, 0.1) is 17.3 Å². The van der Waals surface area contributed by atoms with E-state index in [9.17, 15) is 5.11 Å². The molecule has 3 nitrogen and oxygen atoms in total. The number of rotatable bonds is 5. The van der Waals surface area contributed by atoms with E-state index in [1.807, 2.05) is 13.8 Å². The van der Waals surface area contributed by atoms with E-state index in [0.717, 1.165) is 13.0 Å². The van der Waals surface area contributed by atoms with Crippen LogP contribution in [0.2, 0.25) is 0 Å². The molecule has 2 unspecified atom stereocenters. The molecule has 2 atom stereocenters. The Kier molecular flexibility index (Phi) is 4.68. The summed E-state index contributed by atoms with van der Waals surface area (Å²) in [5, 5.41) is 13.3. The summed E-state index contributed by atoms with van der Waals surface area (Å²) in [5.74, 6) is 0. The Morgan fingerprint density at radius 2 is 2.00 bits per heavy atom. The molecule has 0 amide bonds. The molecule has 1 aliphatic carbocycles. The fourth-order valence-electron chi connectivity index (χ4n) is 3.23. The fourth-order valence-corrected chi connectivity index (χ4v) is 3.23. The van der Waals surface area contributed by atoms with Crippen molar-refractivity contribution in [2.24, 2.45) is 0 Å². The lowest BCUT2D eigenvalue weighted by atomic mass is 9.83. The van der Waals surface area contributed by atoms with Crippen molar-refractivity contribution < 1.29 is 9.84 Å². The van der Waals surface area contributed by atoms with Crippen molar-refractivity contribution in [3.63, 3.8) is 0 Å². The molecule has 3 heteroatoms. The van der Waals surface area contributed by atoms with Crippen LogP contribution in [0, 0.1) is 0 Å². The van der Waals surface area contributed by atoms with Crippen molar-refractivity contribution in [2.45, 2.75) is 82.5 Å². The summed E-state index contributed by atoms with van der Waals surface area (Å²) in [6, 6.07) is 0. The summed E-state index contributed by atoms with van der Waals surface area (Å²) in [4.78, 5) is 0. The van der Waals surface area contributed by atoms with Gasteiger partial charge in [0, 0.05) is 13.1 Å². The Labute approximate surface area is 111 Å². The smallest absolute Gasteiger partial charge is 0.0741 e. The van der Waals surface area contributed by atoms with Crippen LogP contribution >= 0.6 is 0 Å². The average molecular weight is 255 g/mol. The topological polar surface area (TPSA) is 41.5 Å². The molecule has 2 fully saturated rings. The first-order valence-corrected chi connectivity index (χ1v) is 7.66. The van der Waals surface area contributed by atoms with Crippen LogP contribution in [0.3, 0.4) is 0 Å². The molecular formula is C15H29NO2. The van der Waals surface area contributed by atoms with E-state index >= 15 is 0 Å². The highest BCUT2D eigenvalue weighted by Crippen LogP contribution is 2.41. The van der Waals surface area contributed by atoms with Gasteiger partial charge in [-0.15, -0.1) is 0 Å². The minimum absolute atomic E-state index is 0.220. The Hall–Kier alpha value is -0.120. The minimum atomic E-state index is -0.582. The summed E-state index contributed by atoms with van der Waals surface area (Å²) in [6.07, 6.45) is 10.1. The Balaban J connectivity index is 1.69. The first-order valence-electron chi connectivity index (χ1n) is 7.66. The van der Waals surface area contributed by atoms with Gasteiger partial charge in [0.1, 0.15) is 0 Å². The van der Waals surface area contributed by atoms with E-state index in [0.29, 0.717) is 12.6 Å². The third kappa shape index (κ3) is 3.69. The molecule has 1 saturated heterocycles. The lowest BCUT2D eigenvalue weighted by Crippen LogP contribution is -2.41. The van der Waals surface area contributed by atoms with Gasteiger partial charge < -0.3 is 15.2 Å². The first-order chi connectivity index (χ1) is 8.55. The van der Waals surface area contributed by atoms with Crippen LogP contribution in [0.1, 0.15) is 65.2 Å². The van der Waals surface area contributed by atoms with Crippen LogP contribution in [-0.2, 0) is 4.74 Å². The largest absolute Gasteiger partial charge is 0.389 e. The maximum atomic E-state index is 9.94. The zero-order valence-electron chi connectivity index (χ0n) is 12.0. The summed E-state index contributed by atoms with van der Waals surface area (Å²) in [7, 11) is 0. The summed E-state index contributed by atoms with van der Waals surface area (Å²) in [6.45, 7) is 5.46. The first kappa shape index (κ1) is 14.3.